The molecule has 1 aliphatic carbocycles. The number of esters is 1. The van der Waals surface area contributed by atoms with Gasteiger partial charge < -0.3 is 4.74 Å². The zero-order chi connectivity index (χ0) is 9.14. The molecule has 0 fully saturated rings. The first-order valence-corrected chi connectivity index (χ1v) is 4.11. The second-order valence-electron chi connectivity index (χ2n) is 3.23. The number of rotatable bonds is 1. The molecule has 0 aromatic rings. The molecule has 0 saturated heterocycles. The molecule has 12 heavy (non-hydrogen) atoms. The lowest BCUT2D eigenvalue weighted by Gasteiger charge is -2.17. The highest BCUT2D eigenvalue weighted by molar-refractivity contribution is 5.89. The number of carbonyl (C=O) groups excluding carboxylic acids is 1. The Hall–Kier alpha value is -1.05. The van der Waals surface area contributed by atoms with Crippen LogP contribution in [0.1, 0.15) is 20.3 Å². The zero-order valence-corrected chi connectivity index (χ0v) is 7.76. The van der Waals surface area contributed by atoms with Gasteiger partial charge in [0, 0.05) is 5.57 Å². The summed E-state index contributed by atoms with van der Waals surface area (Å²) in [5, 5.41) is 0. The third-order valence-corrected chi connectivity index (χ3v) is 2.13. The van der Waals surface area contributed by atoms with Gasteiger partial charge in [0.05, 0.1) is 7.11 Å². The van der Waals surface area contributed by atoms with Crippen molar-refractivity contribution in [1.29, 1.82) is 0 Å². The Morgan fingerprint density at radius 1 is 1.58 bits per heavy atom. The number of hydrogen-bond donors (Lipinski definition) is 0. The average Bonchev–Trinajstić information content (AvgIpc) is 2.03. The third kappa shape index (κ3) is 1.76. The summed E-state index contributed by atoms with van der Waals surface area (Å²) in [5.41, 5.74) is 2.10. The molecule has 1 unspecified atom stereocenters. The molecule has 0 heterocycles. The minimum Gasteiger partial charge on any atom is -0.466 e. The van der Waals surface area contributed by atoms with Crippen LogP contribution in [0.15, 0.2) is 23.3 Å². The second kappa shape index (κ2) is 3.57. The van der Waals surface area contributed by atoms with E-state index in [2.05, 4.69) is 11.7 Å². The molecule has 0 radical (unpaired) electrons. The van der Waals surface area contributed by atoms with E-state index in [0.717, 1.165) is 12.0 Å². The van der Waals surface area contributed by atoms with E-state index in [4.69, 9.17) is 0 Å². The van der Waals surface area contributed by atoms with Crippen molar-refractivity contribution in [2.75, 3.05) is 7.11 Å². The van der Waals surface area contributed by atoms with Crippen molar-refractivity contribution in [2.45, 2.75) is 20.3 Å². The summed E-state index contributed by atoms with van der Waals surface area (Å²) in [5.74, 6) is 0.0914. The maximum absolute atomic E-state index is 11.2. The monoisotopic (exact) mass is 166 g/mol. The lowest BCUT2D eigenvalue weighted by molar-refractivity contribution is -0.136. The standard InChI is InChI=1S/C10H14O2/c1-7-4-5-9(8(2)6-7)10(11)12-3/h4-5,8H,6H2,1-3H3. The highest BCUT2D eigenvalue weighted by Crippen LogP contribution is 2.24. The van der Waals surface area contributed by atoms with Gasteiger partial charge in [-0.3, -0.25) is 0 Å². The molecule has 2 heteroatoms. The topological polar surface area (TPSA) is 26.3 Å². The van der Waals surface area contributed by atoms with Crippen LogP contribution in [0.2, 0.25) is 0 Å². The number of methoxy groups -OCH3 is 1. The van der Waals surface area contributed by atoms with E-state index in [1.807, 2.05) is 19.1 Å². The van der Waals surface area contributed by atoms with Crippen LogP contribution in [0.5, 0.6) is 0 Å². The van der Waals surface area contributed by atoms with Crippen LogP contribution in [0.4, 0.5) is 0 Å². The van der Waals surface area contributed by atoms with Crippen LogP contribution < -0.4 is 0 Å². The van der Waals surface area contributed by atoms with E-state index < -0.39 is 0 Å². The molecule has 0 bridgehead atoms. The molecule has 0 aliphatic heterocycles. The molecule has 1 rings (SSSR count). The fourth-order valence-electron chi connectivity index (χ4n) is 1.44. The van der Waals surface area contributed by atoms with Gasteiger partial charge in [0.2, 0.25) is 0 Å². The molecule has 66 valence electrons. The van der Waals surface area contributed by atoms with Gasteiger partial charge in [0.15, 0.2) is 0 Å². The molecule has 0 aromatic heterocycles. The Labute approximate surface area is 72.9 Å². The molecular formula is C10H14O2. The lowest BCUT2D eigenvalue weighted by atomic mass is 9.89. The van der Waals surface area contributed by atoms with Crippen LogP contribution in [0.25, 0.3) is 0 Å². The molecule has 2 nitrogen and oxygen atoms in total. The Balaban J connectivity index is 2.82. The summed E-state index contributed by atoms with van der Waals surface area (Å²) in [7, 11) is 1.42. The zero-order valence-electron chi connectivity index (χ0n) is 7.76. The molecule has 0 aromatic carbocycles. The maximum atomic E-state index is 11.2. The summed E-state index contributed by atoms with van der Waals surface area (Å²) in [4.78, 5) is 11.2. The Morgan fingerprint density at radius 2 is 2.25 bits per heavy atom. The fourth-order valence-corrected chi connectivity index (χ4v) is 1.44. The Morgan fingerprint density at radius 3 is 2.75 bits per heavy atom. The smallest absolute Gasteiger partial charge is 0.334 e. The van der Waals surface area contributed by atoms with Crippen LogP contribution in [0, 0.1) is 5.92 Å². The van der Waals surface area contributed by atoms with Crippen molar-refractivity contribution < 1.29 is 9.53 Å². The summed E-state index contributed by atoms with van der Waals surface area (Å²) in [6, 6.07) is 0. The first kappa shape index (κ1) is 9.04. The second-order valence-corrected chi connectivity index (χ2v) is 3.23. The molecule has 1 atom stereocenters. The number of carbonyl (C=O) groups is 1. The van der Waals surface area contributed by atoms with E-state index in [0.29, 0.717) is 5.92 Å². The van der Waals surface area contributed by atoms with E-state index in [1.165, 1.54) is 12.7 Å². The average molecular weight is 166 g/mol. The molecule has 0 saturated carbocycles. The number of hydrogen-bond acceptors (Lipinski definition) is 2. The minimum atomic E-state index is -0.203. The van der Waals surface area contributed by atoms with Crippen LogP contribution in [-0.4, -0.2) is 13.1 Å². The van der Waals surface area contributed by atoms with Crippen molar-refractivity contribution in [3.8, 4) is 0 Å². The molecule has 1 aliphatic rings. The maximum Gasteiger partial charge on any atom is 0.334 e. The van der Waals surface area contributed by atoms with Gasteiger partial charge in [0.1, 0.15) is 0 Å². The van der Waals surface area contributed by atoms with Gasteiger partial charge in [-0.15, -0.1) is 0 Å². The third-order valence-electron chi connectivity index (χ3n) is 2.13. The van der Waals surface area contributed by atoms with Gasteiger partial charge in [-0.2, -0.15) is 0 Å². The highest BCUT2D eigenvalue weighted by Gasteiger charge is 2.19. The van der Waals surface area contributed by atoms with Gasteiger partial charge in [-0.25, -0.2) is 4.79 Å². The first-order chi connectivity index (χ1) is 5.65. The summed E-state index contributed by atoms with van der Waals surface area (Å²) in [6.07, 6.45) is 4.79. The Kier molecular flexibility index (Phi) is 2.69. The van der Waals surface area contributed by atoms with E-state index in [9.17, 15) is 4.79 Å². The highest BCUT2D eigenvalue weighted by atomic mass is 16.5. The fraction of sp³-hybridized carbons (Fsp3) is 0.500. The normalized spacial score (nSPS) is 22.8. The SMILES string of the molecule is COC(=O)C1=CC=C(C)CC1C. The van der Waals surface area contributed by atoms with Crippen molar-refractivity contribution in [2.24, 2.45) is 5.92 Å². The minimum absolute atomic E-state index is 0.203. The largest absolute Gasteiger partial charge is 0.466 e. The Bertz CT molecular complexity index is 249. The number of ether oxygens (including phenoxy) is 1. The van der Waals surface area contributed by atoms with Crippen LogP contribution in [0.3, 0.4) is 0 Å². The van der Waals surface area contributed by atoms with Crippen LogP contribution >= 0.6 is 0 Å². The van der Waals surface area contributed by atoms with Crippen molar-refractivity contribution in [1.82, 2.24) is 0 Å². The molecular weight excluding hydrogens is 152 g/mol. The summed E-state index contributed by atoms with van der Waals surface area (Å²) >= 11 is 0. The summed E-state index contributed by atoms with van der Waals surface area (Å²) in [6.45, 7) is 4.11. The van der Waals surface area contributed by atoms with Crippen molar-refractivity contribution >= 4 is 5.97 Å². The van der Waals surface area contributed by atoms with Gasteiger partial charge >= 0.3 is 5.97 Å². The molecule has 0 spiro atoms. The molecule has 0 N–H and O–H groups in total. The van der Waals surface area contributed by atoms with Crippen molar-refractivity contribution in [3.63, 3.8) is 0 Å². The van der Waals surface area contributed by atoms with Gasteiger partial charge in [-0.1, -0.05) is 24.6 Å². The van der Waals surface area contributed by atoms with Crippen molar-refractivity contribution in [3.05, 3.63) is 23.3 Å². The predicted molar refractivity (Wildman–Crippen MR) is 47.6 cm³/mol. The first-order valence-electron chi connectivity index (χ1n) is 4.11. The summed E-state index contributed by atoms with van der Waals surface area (Å²) < 4.78 is 4.66. The predicted octanol–water partition coefficient (Wildman–Crippen LogP) is 2.07. The van der Waals surface area contributed by atoms with Gasteiger partial charge in [-0.05, 0) is 19.3 Å². The number of allylic oxidation sites excluding steroid dienone is 3. The molecule has 0 amide bonds. The van der Waals surface area contributed by atoms with Gasteiger partial charge in [0.25, 0.3) is 0 Å². The van der Waals surface area contributed by atoms with E-state index in [-0.39, 0.29) is 5.97 Å². The van der Waals surface area contributed by atoms with E-state index in [1.54, 1.807) is 0 Å². The van der Waals surface area contributed by atoms with E-state index >= 15 is 0 Å². The quantitative estimate of drug-likeness (QED) is 0.557. The van der Waals surface area contributed by atoms with Crippen LogP contribution in [-0.2, 0) is 9.53 Å². The lowest BCUT2D eigenvalue weighted by Crippen LogP contribution is -2.14.